The average Bonchev–Trinajstić information content (AvgIpc) is 3.21. The number of rotatable bonds is 3. The lowest BCUT2D eigenvalue weighted by molar-refractivity contribution is 0.232. The zero-order chi connectivity index (χ0) is 17.8. The molecule has 6 heteroatoms. The Kier molecular flexibility index (Phi) is 4.06. The van der Waals surface area contributed by atoms with Crippen LogP contribution in [0.25, 0.3) is 0 Å². The first kappa shape index (κ1) is 16.9. The largest absolute Gasteiger partial charge is 0.485 e. The van der Waals surface area contributed by atoms with Gasteiger partial charge < -0.3 is 4.74 Å². The summed E-state index contributed by atoms with van der Waals surface area (Å²) in [5, 5.41) is 0.710. The van der Waals surface area contributed by atoms with Gasteiger partial charge in [0.05, 0.1) is 7.11 Å². The molecule has 1 aliphatic heterocycles. The number of halogens is 1. The second-order valence-electron chi connectivity index (χ2n) is 6.63. The van der Waals surface area contributed by atoms with Crippen molar-refractivity contribution in [3.63, 3.8) is 0 Å². The molecule has 4 rings (SSSR count). The van der Waals surface area contributed by atoms with Crippen LogP contribution in [0, 0.1) is 6.92 Å². The molecule has 1 atom stereocenters. The summed E-state index contributed by atoms with van der Waals surface area (Å²) in [5.41, 5.74) is 5.06. The van der Waals surface area contributed by atoms with Gasteiger partial charge in [-0.2, -0.15) is 8.42 Å². The molecule has 0 spiro atoms. The van der Waals surface area contributed by atoms with Gasteiger partial charge in [0, 0.05) is 22.6 Å². The molecule has 2 aliphatic rings. The first-order chi connectivity index (χ1) is 11.9. The van der Waals surface area contributed by atoms with Crippen LogP contribution in [0.3, 0.4) is 0 Å². The summed E-state index contributed by atoms with van der Waals surface area (Å²) in [7, 11) is -2.63. The third kappa shape index (κ3) is 2.75. The zero-order valence-corrected chi connectivity index (χ0v) is 15.7. The lowest BCUT2D eigenvalue weighted by atomic mass is 9.99. The summed E-state index contributed by atoms with van der Waals surface area (Å²) in [4.78, 5) is 0.158. The highest BCUT2D eigenvalue weighted by atomic mass is 35.5. The molecule has 1 unspecified atom stereocenters. The van der Waals surface area contributed by atoms with Gasteiger partial charge in [-0.15, -0.1) is 0 Å². The van der Waals surface area contributed by atoms with E-state index in [1.54, 1.807) is 12.1 Å². The highest BCUT2D eigenvalue weighted by molar-refractivity contribution is 7.86. The SMILES string of the molecule is COS(=O)(=O)c1ccc(C)cc1C1Cc2c(Cl)cc3c(c2O1)CCC3. The Morgan fingerprint density at radius 1 is 1.20 bits per heavy atom. The van der Waals surface area contributed by atoms with Gasteiger partial charge in [-0.3, -0.25) is 4.18 Å². The Labute approximate surface area is 152 Å². The molecule has 25 heavy (non-hydrogen) atoms. The summed E-state index contributed by atoms with van der Waals surface area (Å²) < 4.78 is 35.6. The fourth-order valence-electron chi connectivity index (χ4n) is 3.83. The summed E-state index contributed by atoms with van der Waals surface area (Å²) in [6.07, 6.45) is 3.29. The van der Waals surface area contributed by atoms with Crippen molar-refractivity contribution in [3.05, 3.63) is 57.1 Å². The van der Waals surface area contributed by atoms with Crippen LogP contribution in [-0.2, 0) is 33.6 Å². The summed E-state index contributed by atoms with van der Waals surface area (Å²) >= 11 is 6.47. The van der Waals surface area contributed by atoms with Gasteiger partial charge in [0.1, 0.15) is 16.7 Å². The van der Waals surface area contributed by atoms with Crippen LogP contribution in [0.5, 0.6) is 5.75 Å². The molecule has 0 N–H and O–H groups in total. The predicted octanol–water partition coefficient (Wildman–Crippen LogP) is 4.15. The molecule has 2 aromatic carbocycles. The molecule has 2 aromatic rings. The quantitative estimate of drug-likeness (QED) is 0.753. The van der Waals surface area contributed by atoms with Crippen molar-refractivity contribution >= 4 is 21.7 Å². The molecule has 0 bridgehead atoms. The van der Waals surface area contributed by atoms with Crippen molar-refractivity contribution in [1.29, 1.82) is 0 Å². The van der Waals surface area contributed by atoms with Gasteiger partial charge in [0.15, 0.2) is 0 Å². The topological polar surface area (TPSA) is 52.6 Å². The monoisotopic (exact) mass is 378 g/mol. The molecule has 4 nitrogen and oxygen atoms in total. The molecule has 0 saturated carbocycles. The van der Waals surface area contributed by atoms with Crippen molar-refractivity contribution < 1.29 is 17.3 Å². The fraction of sp³-hybridized carbons (Fsp3) is 0.368. The lowest BCUT2D eigenvalue weighted by Gasteiger charge is -2.17. The molecule has 0 saturated heterocycles. The van der Waals surface area contributed by atoms with Gasteiger partial charge in [-0.05, 0) is 49.4 Å². The van der Waals surface area contributed by atoms with E-state index in [0.717, 1.165) is 36.1 Å². The van der Waals surface area contributed by atoms with Gasteiger partial charge >= 0.3 is 0 Å². The van der Waals surface area contributed by atoms with E-state index in [4.69, 9.17) is 20.5 Å². The average molecular weight is 379 g/mol. The van der Waals surface area contributed by atoms with E-state index in [0.29, 0.717) is 17.0 Å². The van der Waals surface area contributed by atoms with Gasteiger partial charge in [0.2, 0.25) is 0 Å². The number of benzene rings is 2. The van der Waals surface area contributed by atoms with Crippen LogP contribution in [-0.4, -0.2) is 15.5 Å². The molecule has 0 amide bonds. The van der Waals surface area contributed by atoms with Gasteiger partial charge in [0.25, 0.3) is 10.1 Å². The molecular formula is C19H19ClO4S. The first-order valence-corrected chi connectivity index (χ1v) is 10.1. The molecule has 0 radical (unpaired) electrons. The van der Waals surface area contributed by atoms with E-state index in [-0.39, 0.29) is 11.0 Å². The number of ether oxygens (including phenoxy) is 1. The second kappa shape index (κ2) is 6.01. The standard InChI is InChI=1S/C19H19ClO4S/c1-11-6-7-18(25(21,22)23-2)15(8-11)17-10-14-16(20)9-12-4-3-5-13(12)19(14)24-17/h6-9,17H,3-5,10H2,1-2H3. The minimum Gasteiger partial charge on any atom is -0.485 e. The van der Waals surface area contributed by atoms with E-state index in [2.05, 4.69) is 0 Å². The predicted molar refractivity (Wildman–Crippen MR) is 95.9 cm³/mol. The zero-order valence-electron chi connectivity index (χ0n) is 14.1. The van der Waals surface area contributed by atoms with Crippen molar-refractivity contribution in [1.82, 2.24) is 0 Å². The van der Waals surface area contributed by atoms with E-state index in [1.165, 1.54) is 18.2 Å². The Bertz CT molecular complexity index is 966. The summed E-state index contributed by atoms with van der Waals surface area (Å²) in [6, 6.07) is 7.25. The number of hydrogen-bond acceptors (Lipinski definition) is 4. The Morgan fingerprint density at radius 3 is 2.76 bits per heavy atom. The van der Waals surface area contributed by atoms with E-state index >= 15 is 0 Å². The van der Waals surface area contributed by atoms with E-state index < -0.39 is 10.1 Å². The van der Waals surface area contributed by atoms with Crippen molar-refractivity contribution in [2.75, 3.05) is 7.11 Å². The number of fused-ring (bicyclic) bond motifs is 3. The molecule has 1 aliphatic carbocycles. The minimum atomic E-state index is -3.80. The maximum atomic E-state index is 12.3. The summed E-state index contributed by atoms with van der Waals surface area (Å²) in [6.45, 7) is 1.93. The maximum Gasteiger partial charge on any atom is 0.297 e. The Hall–Kier alpha value is -1.56. The fourth-order valence-corrected chi connectivity index (χ4v) is 5.02. The van der Waals surface area contributed by atoms with Crippen LogP contribution in [0.2, 0.25) is 5.02 Å². The van der Waals surface area contributed by atoms with Crippen LogP contribution >= 0.6 is 11.6 Å². The van der Waals surface area contributed by atoms with Gasteiger partial charge in [-0.1, -0.05) is 29.3 Å². The van der Waals surface area contributed by atoms with Crippen LogP contribution in [0.4, 0.5) is 0 Å². The van der Waals surface area contributed by atoms with Crippen molar-refractivity contribution in [3.8, 4) is 5.75 Å². The third-order valence-corrected chi connectivity index (χ3v) is 6.74. The normalized spacial score (nSPS) is 18.8. The molecule has 0 aromatic heterocycles. The molecule has 1 heterocycles. The smallest absolute Gasteiger partial charge is 0.297 e. The first-order valence-electron chi connectivity index (χ1n) is 8.31. The number of aryl methyl sites for hydroxylation is 2. The highest BCUT2D eigenvalue weighted by Gasteiger charge is 2.34. The molecule has 132 valence electrons. The Morgan fingerprint density at radius 2 is 2.00 bits per heavy atom. The van der Waals surface area contributed by atoms with Crippen LogP contribution in [0.15, 0.2) is 29.2 Å². The molecule has 0 fully saturated rings. The maximum absolute atomic E-state index is 12.3. The van der Waals surface area contributed by atoms with Gasteiger partial charge in [-0.25, -0.2) is 0 Å². The van der Waals surface area contributed by atoms with Crippen LogP contribution in [0.1, 0.15) is 40.3 Å². The van der Waals surface area contributed by atoms with E-state index in [1.807, 2.05) is 19.1 Å². The van der Waals surface area contributed by atoms with Crippen molar-refractivity contribution in [2.24, 2.45) is 0 Å². The van der Waals surface area contributed by atoms with Crippen LogP contribution < -0.4 is 4.74 Å². The minimum absolute atomic E-state index is 0.158. The highest BCUT2D eigenvalue weighted by Crippen LogP contribution is 2.47. The van der Waals surface area contributed by atoms with E-state index in [9.17, 15) is 8.42 Å². The number of hydrogen-bond donors (Lipinski definition) is 0. The third-order valence-electron chi connectivity index (χ3n) is 5.05. The van der Waals surface area contributed by atoms with Crippen molar-refractivity contribution in [2.45, 2.75) is 43.6 Å². The Balaban J connectivity index is 1.81. The molecular weight excluding hydrogens is 360 g/mol. The summed E-state index contributed by atoms with van der Waals surface area (Å²) in [5.74, 6) is 0.854. The lowest BCUT2D eigenvalue weighted by Crippen LogP contribution is -2.12. The second-order valence-corrected chi connectivity index (χ2v) is 8.72.